The van der Waals surface area contributed by atoms with E-state index in [0.29, 0.717) is 24.0 Å². The number of carbonyl (C=O) groups is 1. The van der Waals surface area contributed by atoms with Crippen LogP contribution >= 0.6 is 0 Å². The van der Waals surface area contributed by atoms with Gasteiger partial charge in [-0.05, 0) is 52.9 Å². The van der Waals surface area contributed by atoms with Gasteiger partial charge < -0.3 is 14.8 Å². The number of benzene rings is 3. The fourth-order valence-corrected chi connectivity index (χ4v) is 2.95. The summed E-state index contributed by atoms with van der Waals surface area (Å²) in [6, 6.07) is 23.5. The summed E-state index contributed by atoms with van der Waals surface area (Å²) in [5, 5.41) is 2.88. The summed E-state index contributed by atoms with van der Waals surface area (Å²) in [4.78, 5) is 12.2. The summed E-state index contributed by atoms with van der Waals surface area (Å²) in [7, 11) is 1.60. The highest BCUT2D eigenvalue weighted by Gasteiger charge is 2.06. The average molecular weight is 402 g/mol. The van der Waals surface area contributed by atoms with E-state index in [1.807, 2.05) is 72.8 Å². The van der Waals surface area contributed by atoms with Gasteiger partial charge in [-0.1, -0.05) is 62.4 Å². The Hall–Kier alpha value is -3.53. The second kappa shape index (κ2) is 10.3. The molecule has 4 heteroatoms. The minimum atomic E-state index is -0.185. The minimum Gasteiger partial charge on any atom is -0.493 e. The summed E-state index contributed by atoms with van der Waals surface area (Å²) in [6.45, 7) is 4.75. The minimum absolute atomic E-state index is 0.185. The maximum Gasteiger partial charge on any atom is 0.248 e. The molecular weight excluding hydrogens is 374 g/mol. The first-order chi connectivity index (χ1) is 14.5. The van der Waals surface area contributed by atoms with Gasteiger partial charge in [0.2, 0.25) is 5.91 Å². The van der Waals surface area contributed by atoms with Crippen molar-refractivity contribution >= 4 is 17.7 Å². The highest BCUT2D eigenvalue weighted by atomic mass is 16.5. The predicted molar refractivity (Wildman–Crippen MR) is 122 cm³/mol. The zero-order valence-electron chi connectivity index (χ0n) is 17.6. The summed E-state index contributed by atoms with van der Waals surface area (Å²) in [6.07, 6.45) is 3.26. The molecule has 1 N–H and O–H groups in total. The maximum atomic E-state index is 12.2. The first kappa shape index (κ1) is 21.2. The molecule has 0 fully saturated rings. The first-order valence-corrected chi connectivity index (χ1v) is 9.99. The Morgan fingerprint density at radius 2 is 1.70 bits per heavy atom. The molecule has 0 aliphatic heterocycles. The van der Waals surface area contributed by atoms with Gasteiger partial charge in [-0.25, -0.2) is 0 Å². The van der Waals surface area contributed by atoms with E-state index in [-0.39, 0.29) is 5.91 Å². The van der Waals surface area contributed by atoms with Gasteiger partial charge in [0.1, 0.15) is 6.61 Å². The van der Waals surface area contributed by atoms with Crippen LogP contribution in [0.2, 0.25) is 0 Å². The average Bonchev–Trinajstić information content (AvgIpc) is 2.77. The molecule has 0 radical (unpaired) electrons. The van der Waals surface area contributed by atoms with Crippen molar-refractivity contribution in [3.63, 3.8) is 0 Å². The molecule has 0 heterocycles. The highest BCUT2D eigenvalue weighted by molar-refractivity contribution is 6.01. The highest BCUT2D eigenvalue weighted by Crippen LogP contribution is 2.29. The molecule has 0 bridgehead atoms. The van der Waals surface area contributed by atoms with Crippen LogP contribution in [0.3, 0.4) is 0 Å². The van der Waals surface area contributed by atoms with E-state index in [0.717, 1.165) is 16.8 Å². The van der Waals surface area contributed by atoms with Gasteiger partial charge in [0.05, 0.1) is 7.11 Å². The fraction of sp³-hybridized carbons (Fsp3) is 0.192. The topological polar surface area (TPSA) is 47.6 Å². The summed E-state index contributed by atoms with van der Waals surface area (Å²) < 4.78 is 11.3. The van der Waals surface area contributed by atoms with Crippen molar-refractivity contribution in [2.24, 2.45) is 0 Å². The van der Waals surface area contributed by atoms with Crippen molar-refractivity contribution in [1.82, 2.24) is 0 Å². The van der Waals surface area contributed by atoms with Crippen molar-refractivity contribution in [2.45, 2.75) is 26.4 Å². The normalized spacial score (nSPS) is 10.9. The number of ether oxygens (including phenoxy) is 2. The predicted octanol–water partition coefficient (Wildman–Crippen LogP) is 6.05. The lowest BCUT2D eigenvalue weighted by molar-refractivity contribution is -0.111. The SMILES string of the molecule is COc1cc(/C=C/C(=O)Nc2ccc(C(C)C)cc2)ccc1OCc1ccccc1. The van der Waals surface area contributed by atoms with Crippen LogP contribution in [0.15, 0.2) is 78.9 Å². The van der Waals surface area contributed by atoms with Gasteiger partial charge in [0.15, 0.2) is 11.5 Å². The molecule has 0 spiro atoms. The Labute approximate surface area is 178 Å². The van der Waals surface area contributed by atoms with Crippen molar-refractivity contribution < 1.29 is 14.3 Å². The van der Waals surface area contributed by atoms with E-state index in [9.17, 15) is 4.79 Å². The van der Waals surface area contributed by atoms with E-state index in [4.69, 9.17) is 9.47 Å². The van der Waals surface area contributed by atoms with Crippen LogP contribution in [0.25, 0.3) is 6.08 Å². The van der Waals surface area contributed by atoms with Crippen molar-refractivity contribution in [3.05, 3.63) is 95.6 Å². The van der Waals surface area contributed by atoms with Crippen LogP contribution in [0.4, 0.5) is 5.69 Å². The molecular formula is C26H27NO3. The molecule has 3 aromatic carbocycles. The molecule has 3 rings (SSSR count). The van der Waals surface area contributed by atoms with Crippen LogP contribution in [0, 0.1) is 0 Å². The molecule has 30 heavy (non-hydrogen) atoms. The Balaban J connectivity index is 1.61. The molecule has 0 unspecified atom stereocenters. The zero-order valence-corrected chi connectivity index (χ0v) is 17.6. The van der Waals surface area contributed by atoms with Crippen LogP contribution in [0.5, 0.6) is 11.5 Å². The number of hydrogen-bond acceptors (Lipinski definition) is 3. The lowest BCUT2D eigenvalue weighted by atomic mass is 10.0. The Morgan fingerprint density at radius 1 is 0.967 bits per heavy atom. The van der Waals surface area contributed by atoms with Crippen LogP contribution in [0.1, 0.15) is 36.5 Å². The maximum absolute atomic E-state index is 12.2. The number of nitrogens with one attached hydrogen (secondary N) is 1. The van der Waals surface area contributed by atoms with Crippen LogP contribution < -0.4 is 14.8 Å². The third kappa shape index (κ3) is 5.98. The van der Waals surface area contributed by atoms with E-state index in [1.165, 1.54) is 11.6 Å². The molecule has 0 aliphatic carbocycles. The van der Waals surface area contributed by atoms with Crippen molar-refractivity contribution in [2.75, 3.05) is 12.4 Å². The van der Waals surface area contributed by atoms with Crippen LogP contribution in [-0.2, 0) is 11.4 Å². The first-order valence-electron chi connectivity index (χ1n) is 9.99. The number of anilines is 1. The number of methoxy groups -OCH3 is 1. The molecule has 4 nitrogen and oxygen atoms in total. The van der Waals surface area contributed by atoms with Gasteiger partial charge in [0.25, 0.3) is 0 Å². The number of amides is 1. The summed E-state index contributed by atoms with van der Waals surface area (Å²) in [5.41, 5.74) is 3.95. The molecule has 1 amide bonds. The standard InChI is InChI=1S/C26H27NO3/c1-19(2)22-11-13-23(14-12-22)27-26(28)16-10-20-9-15-24(25(17-20)29-3)30-18-21-7-5-4-6-8-21/h4-17,19H,18H2,1-3H3,(H,27,28)/b16-10+. The van der Waals surface area contributed by atoms with Crippen LogP contribution in [-0.4, -0.2) is 13.0 Å². The third-order valence-electron chi connectivity index (χ3n) is 4.70. The van der Waals surface area contributed by atoms with Crippen molar-refractivity contribution in [1.29, 1.82) is 0 Å². The molecule has 154 valence electrons. The lowest BCUT2D eigenvalue weighted by Crippen LogP contribution is -2.07. The molecule has 0 atom stereocenters. The number of rotatable bonds is 8. The smallest absolute Gasteiger partial charge is 0.248 e. The monoisotopic (exact) mass is 401 g/mol. The largest absolute Gasteiger partial charge is 0.493 e. The lowest BCUT2D eigenvalue weighted by Gasteiger charge is -2.11. The second-order valence-electron chi connectivity index (χ2n) is 7.28. The molecule has 0 aromatic heterocycles. The number of carbonyl (C=O) groups excluding carboxylic acids is 1. The van der Waals surface area contributed by atoms with Gasteiger partial charge >= 0.3 is 0 Å². The quantitative estimate of drug-likeness (QED) is 0.468. The van der Waals surface area contributed by atoms with E-state index >= 15 is 0 Å². The van der Waals surface area contributed by atoms with E-state index in [1.54, 1.807) is 13.2 Å². The third-order valence-corrected chi connectivity index (χ3v) is 4.70. The fourth-order valence-electron chi connectivity index (χ4n) is 2.95. The summed E-state index contributed by atoms with van der Waals surface area (Å²) >= 11 is 0. The zero-order chi connectivity index (χ0) is 21.3. The van der Waals surface area contributed by atoms with Gasteiger partial charge in [-0.2, -0.15) is 0 Å². The number of hydrogen-bond donors (Lipinski definition) is 1. The Bertz CT molecular complexity index is 993. The molecule has 0 saturated heterocycles. The Kier molecular flexibility index (Phi) is 7.28. The van der Waals surface area contributed by atoms with Gasteiger partial charge in [-0.15, -0.1) is 0 Å². The van der Waals surface area contributed by atoms with E-state index < -0.39 is 0 Å². The molecule has 0 saturated carbocycles. The molecule has 0 aliphatic rings. The second-order valence-corrected chi connectivity index (χ2v) is 7.28. The summed E-state index contributed by atoms with van der Waals surface area (Å²) in [5.74, 6) is 1.56. The van der Waals surface area contributed by atoms with E-state index in [2.05, 4.69) is 19.2 Å². The van der Waals surface area contributed by atoms with Gasteiger partial charge in [0, 0.05) is 11.8 Å². The Morgan fingerprint density at radius 3 is 2.37 bits per heavy atom. The molecule has 3 aromatic rings. The van der Waals surface area contributed by atoms with Crippen molar-refractivity contribution in [3.8, 4) is 11.5 Å². The van der Waals surface area contributed by atoms with Gasteiger partial charge in [-0.3, -0.25) is 4.79 Å².